The largest absolute Gasteiger partial charge is 0.386 e. The van der Waals surface area contributed by atoms with Gasteiger partial charge in [0.2, 0.25) is 0 Å². The van der Waals surface area contributed by atoms with E-state index in [1.807, 2.05) is 0 Å². The molecule has 1 aliphatic heterocycles. The van der Waals surface area contributed by atoms with Gasteiger partial charge in [-0.15, -0.1) is 0 Å². The molecule has 96 valence electrons. The molecule has 0 aromatic heterocycles. The van der Waals surface area contributed by atoms with Gasteiger partial charge in [0.1, 0.15) is 0 Å². The summed E-state index contributed by atoms with van der Waals surface area (Å²) in [6.07, 6.45) is 3.46. The molecule has 1 saturated heterocycles. The zero-order valence-electron chi connectivity index (χ0n) is 11.2. The lowest BCUT2D eigenvalue weighted by molar-refractivity contribution is -0.0893. The third-order valence-electron chi connectivity index (χ3n) is 4.28. The Morgan fingerprint density at radius 3 is 2.44 bits per heavy atom. The molecule has 3 unspecified atom stereocenters. The molecule has 1 aliphatic rings. The smallest absolute Gasteiger partial charge is 0.0969 e. The summed E-state index contributed by atoms with van der Waals surface area (Å²) in [5.74, 6) is 0.728. The van der Waals surface area contributed by atoms with Gasteiger partial charge >= 0.3 is 0 Å². The van der Waals surface area contributed by atoms with Crippen LogP contribution < -0.4 is 11.1 Å². The molecule has 1 heterocycles. The minimum absolute atomic E-state index is 0.135. The van der Waals surface area contributed by atoms with Gasteiger partial charge in [0, 0.05) is 12.6 Å². The summed E-state index contributed by atoms with van der Waals surface area (Å²) >= 11 is 0. The Labute approximate surface area is 99.8 Å². The Kier molecular flexibility index (Phi) is 4.38. The topological polar surface area (TPSA) is 58.3 Å². The van der Waals surface area contributed by atoms with Crippen LogP contribution in [0.1, 0.15) is 47.0 Å². The maximum atomic E-state index is 10.8. The van der Waals surface area contributed by atoms with Crippen molar-refractivity contribution < 1.29 is 5.11 Å². The summed E-state index contributed by atoms with van der Waals surface area (Å²) in [7, 11) is 0. The lowest BCUT2D eigenvalue weighted by Crippen LogP contribution is -2.64. The molecule has 0 aromatic rings. The normalized spacial score (nSPS) is 31.1. The summed E-state index contributed by atoms with van der Waals surface area (Å²) in [6, 6.07) is 0.135. The number of piperidine rings is 1. The van der Waals surface area contributed by atoms with Crippen LogP contribution in [0.4, 0.5) is 0 Å². The first-order valence-electron chi connectivity index (χ1n) is 6.51. The van der Waals surface area contributed by atoms with E-state index in [4.69, 9.17) is 5.73 Å². The summed E-state index contributed by atoms with van der Waals surface area (Å²) in [5.41, 5.74) is 4.83. The molecule has 0 aliphatic carbocycles. The number of hydrogen-bond acceptors (Lipinski definition) is 3. The highest BCUT2D eigenvalue weighted by atomic mass is 16.3. The fourth-order valence-electron chi connectivity index (χ4n) is 2.70. The second-order valence-corrected chi connectivity index (χ2v) is 6.18. The molecule has 4 N–H and O–H groups in total. The maximum absolute atomic E-state index is 10.8. The minimum atomic E-state index is -0.805. The van der Waals surface area contributed by atoms with Gasteiger partial charge in [0.05, 0.1) is 5.60 Å². The van der Waals surface area contributed by atoms with Crippen LogP contribution in [-0.4, -0.2) is 29.8 Å². The van der Waals surface area contributed by atoms with Gasteiger partial charge in [0.25, 0.3) is 0 Å². The van der Waals surface area contributed by atoms with E-state index in [1.54, 1.807) is 0 Å². The second-order valence-electron chi connectivity index (χ2n) is 6.18. The molecule has 0 amide bonds. The quantitative estimate of drug-likeness (QED) is 0.686. The second kappa shape index (κ2) is 5.03. The molecule has 3 atom stereocenters. The molecule has 1 fully saturated rings. The van der Waals surface area contributed by atoms with Crippen molar-refractivity contribution in [1.29, 1.82) is 0 Å². The summed E-state index contributed by atoms with van der Waals surface area (Å²) in [6.45, 7) is 9.75. The maximum Gasteiger partial charge on any atom is 0.0969 e. The van der Waals surface area contributed by atoms with Crippen molar-refractivity contribution in [2.75, 3.05) is 13.1 Å². The zero-order valence-corrected chi connectivity index (χ0v) is 11.2. The standard InChI is InChI=1S/C13H28N2O/c1-5-10-6-7-15-11(8-10)13(16,9-14)12(2,3)4/h10-11,15-16H,5-9,14H2,1-4H3. The van der Waals surface area contributed by atoms with Crippen LogP contribution in [0.2, 0.25) is 0 Å². The molecular weight excluding hydrogens is 200 g/mol. The molecule has 0 aromatic carbocycles. The first-order chi connectivity index (χ1) is 7.35. The van der Waals surface area contributed by atoms with Gasteiger partial charge < -0.3 is 16.2 Å². The molecule has 0 saturated carbocycles. The number of rotatable bonds is 3. The van der Waals surface area contributed by atoms with Crippen molar-refractivity contribution in [2.45, 2.75) is 58.6 Å². The van der Waals surface area contributed by atoms with Gasteiger partial charge in [0.15, 0.2) is 0 Å². The third kappa shape index (κ3) is 2.58. The van der Waals surface area contributed by atoms with Crippen LogP contribution >= 0.6 is 0 Å². The van der Waals surface area contributed by atoms with Crippen molar-refractivity contribution in [2.24, 2.45) is 17.1 Å². The third-order valence-corrected chi connectivity index (χ3v) is 4.28. The van der Waals surface area contributed by atoms with Crippen LogP contribution in [0.3, 0.4) is 0 Å². The lowest BCUT2D eigenvalue weighted by Gasteiger charge is -2.48. The van der Waals surface area contributed by atoms with Crippen molar-refractivity contribution in [3.63, 3.8) is 0 Å². The fourth-order valence-corrected chi connectivity index (χ4v) is 2.70. The molecule has 1 rings (SSSR count). The van der Waals surface area contributed by atoms with Gasteiger partial charge in [-0.2, -0.15) is 0 Å². The first kappa shape index (κ1) is 13.9. The SMILES string of the molecule is CCC1CCNC(C(O)(CN)C(C)(C)C)C1. The predicted molar refractivity (Wildman–Crippen MR) is 68.3 cm³/mol. The minimum Gasteiger partial charge on any atom is -0.386 e. The highest BCUT2D eigenvalue weighted by Crippen LogP contribution is 2.36. The van der Waals surface area contributed by atoms with Gasteiger partial charge in [-0.25, -0.2) is 0 Å². The lowest BCUT2D eigenvalue weighted by atomic mass is 9.68. The highest BCUT2D eigenvalue weighted by Gasteiger charge is 2.46. The van der Waals surface area contributed by atoms with E-state index in [9.17, 15) is 5.11 Å². The predicted octanol–water partition coefficient (Wildman–Crippen LogP) is 1.50. The summed E-state index contributed by atoms with van der Waals surface area (Å²) in [5, 5.41) is 14.3. The Balaban J connectivity index is 2.80. The molecule has 0 spiro atoms. The van der Waals surface area contributed by atoms with E-state index < -0.39 is 5.60 Å². The van der Waals surface area contributed by atoms with Gasteiger partial charge in [-0.3, -0.25) is 0 Å². The summed E-state index contributed by atoms with van der Waals surface area (Å²) in [4.78, 5) is 0. The fraction of sp³-hybridized carbons (Fsp3) is 1.00. The van der Waals surface area contributed by atoms with E-state index in [0.29, 0.717) is 6.54 Å². The summed E-state index contributed by atoms with van der Waals surface area (Å²) < 4.78 is 0. The van der Waals surface area contributed by atoms with Crippen LogP contribution in [0.25, 0.3) is 0 Å². The monoisotopic (exact) mass is 228 g/mol. The van der Waals surface area contributed by atoms with Gasteiger partial charge in [-0.1, -0.05) is 34.1 Å². The number of hydrogen-bond donors (Lipinski definition) is 3. The number of aliphatic hydroxyl groups is 1. The van der Waals surface area contributed by atoms with E-state index in [2.05, 4.69) is 33.0 Å². The van der Waals surface area contributed by atoms with E-state index in [0.717, 1.165) is 18.9 Å². The number of nitrogens with two attached hydrogens (primary N) is 1. The van der Waals surface area contributed by atoms with Crippen LogP contribution in [0.15, 0.2) is 0 Å². The molecule has 16 heavy (non-hydrogen) atoms. The average Bonchev–Trinajstić information content (AvgIpc) is 2.26. The van der Waals surface area contributed by atoms with Crippen LogP contribution in [-0.2, 0) is 0 Å². The van der Waals surface area contributed by atoms with Crippen molar-refractivity contribution in [3.05, 3.63) is 0 Å². The van der Waals surface area contributed by atoms with Gasteiger partial charge in [-0.05, 0) is 30.7 Å². The van der Waals surface area contributed by atoms with Crippen molar-refractivity contribution >= 4 is 0 Å². The Morgan fingerprint density at radius 2 is 2.00 bits per heavy atom. The molecule has 0 radical (unpaired) electrons. The molecule has 3 heteroatoms. The molecule has 3 nitrogen and oxygen atoms in total. The molecular formula is C13H28N2O. The molecule has 0 bridgehead atoms. The first-order valence-corrected chi connectivity index (χ1v) is 6.51. The number of nitrogens with one attached hydrogen (secondary N) is 1. The average molecular weight is 228 g/mol. The zero-order chi connectivity index (χ0) is 12.4. The Morgan fingerprint density at radius 1 is 1.38 bits per heavy atom. The van der Waals surface area contributed by atoms with E-state index in [1.165, 1.54) is 12.8 Å². The van der Waals surface area contributed by atoms with Crippen molar-refractivity contribution in [1.82, 2.24) is 5.32 Å². The highest BCUT2D eigenvalue weighted by molar-refractivity contribution is 5.02. The Hall–Kier alpha value is -0.120. The van der Waals surface area contributed by atoms with Crippen molar-refractivity contribution in [3.8, 4) is 0 Å². The van der Waals surface area contributed by atoms with Crippen LogP contribution in [0, 0.1) is 11.3 Å². The van der Waals surface area contributed by atoms with Crippen LogP contribution in [0.5, 0.6) is 0 Å². The van der Waals surface area contributed by atoms with E-state index >= 15 is 0 Å². The van der Waals surface area contributed by atoms with E-state index in [-0.39, 0.29) is 11.5 Å². The Bertz CT molecular complexity index is 224.